The number of aromatic hydroxyl groups is 1. The molecule has 7 aromatic rings. The van der Waals surface area contributed by atoms with Crippen LogP contribution in [0.2, 0.25) is 0 Å². The Balaban J connectivity index is 0.00000413. The van der Waals surface area contributed by atoms with Crippen LogP contribution >= 0.6 is 0 Å². The Hall–Kier alpha value is -5.31. The third-order valence-electron chi connectivity index (χ3n) is 11.0. The second-order valence-corrected chi connectivity index (χ2v) is 16.4. The predicted octanol–water partition coefficient (Wildman–Crippen LogP) is 12.1. The molecule has 5 heteroatoms. The van der Waals surface area contributed by atoms with Crippen molar-refractivity contribution in [2.75, 3.05) is 4.90 Å². The van der Waals surface area contributed by atoms with Crippen LogP contribution in [0, 0.1) is 6.07 Å². The standard InChI is InChI=1S/C49H42N3O.Pt/c1-47(2,3)32-28-33(48(4,5)6)30-35(29-32)52(34-16-13-15-31(27-34)42-22-11-12-26-50-42)44-25-24-41-46(51-44)45-40(21-14-23-43(45)53)49(41)38-19-9-7-17-36(38)37-18-8-10-20-39(37)49;/h7-26,28-30,53H,1-6H3;/q-1;. The fourth-order valence-electron chi connectivity index (χ4n) is 8.39. The number of aromatic nitrogens is 2. The van der Waals surface area contributed by atoms with E-state index in [4.69, 9.17) is 4.98 Å². The van der Waals surface area contributed by atoms with Crippen LogP contribution < -0.4 is 4.90 Å². The van der Waals surface area contributed by atoms with Gasteiger partial charge in [0.15, 0.2) is 0 Å². The first-order chi connectivity index (χ1) is 25.5. The minimum absolute atomic E-state index is 0. The molecule has 0 atom stereocenters. The average molecular weight is 884 g/mol. The second kappa shape index (κ2) is 12.9. The zero-order valence-corrected chi connectivity index (χ0v) is 33.7. The predicted molar refractivity (Wildman–Crippen MR) is 216 cm³/mol. The number of phenolic OH excluding ortho intramolecular Hbond substituents is 1. The molecule has 0 bridgehead atoms. The second-order valence-electron chi connectivity index (χ2n) is 16.4. The van der Waals surface area contributed by atoms with E-state index in [1.165, 1.54) is 33.4 Å². The van der Waals surface area contributed by atoms with Crippen molar-refractivity contribution >= 4 is 17.2 Å². The van der Waals surface area contributed by atoms with Crippen molar-refractivity contribution in [2.24, 2.45) is 0 Å². The monoisotopic (exact) mass is 883 g/mol. The number of fused-ring (bicyclic) bond motifs is 10. The summed E-state index contributed by atoms with van der Waals surface area (Å²) >= 11 is 0. The molecular formula is C49H42N3OPt-. The maximum atomic E-state index is 11.7. The van der Waals surface area contributed by atoms with Gasteiger partial charge in [-0.15, -0.1) is 29.8 Å². The van der Waals surface area contributed by atoms with Crippen molar-refractivity contribution in [3.8, 4) is 39.4 Å². The van der Waals surface area contributed by atoms with Crippen LogP contribution in [0.1, 0.15) is 74.9 Å². The van der Waals surface area contributed by atoms with Crippen molar-refractivity contribution in [3.05, 3.63) is 179 Å². The van der Waals surface area contributed by atoms with Crippen LogP contribution in [0.25, 0.3) is 33.6 Å². The quantitative estimate of drug-likeness (QED) is 0.179. The van der Waals surface area contributed by atoms with Crippen molar-refractivity contribution in [2.45, 2.75) is 57.8 Å². The molecule has 0 unspecified atom stereocenters. The Morgan fingerprint density at radius 1 is 0.611 bits per heavy atom. The normalized spacial score (nSPS) is 13.4. The van der Waals surface area contributed by atoms with Gasteiger partial charge in [0.25, 0.3) is 0 Å². The molecule has 0 radical (unpaired) electrons. The number of pyridine rings is 2. The van der Waals surface area contributed by atoms with Gasteiger partial charge in [0, 0.05) is 38.5 Å². The molecule has 2 heterocycles. The molecule has 2 aromatic heterocycles. The van der Waals surface area contributed by atoms with E-state index in [0.29, 0.717) is 0 Å². The Labute approximate surface area is 332 Å². The number of hydrogen-bond donors (Lipinski definition) is 1. The van der Waals surface area contributed by atoms with E-state index in [9.17, 15) is 5.11 Å². The van der Waals surface area contributed by atoms with Gasteiger partial charge in [-0.3, -0.25) is 0 Å². The molecule has 54 heavy (non-hydrogen) atoms. The molecule has 4 nitrogen and oxygen atoms in total. The molecule has 0 fully saturated rings. The zero-order chi connectivity index (χ0) is 36.7. The Bertz CT molecular complexity index is 2490. The van der Waals surface area contributed by atoms with Crippen LogP contribution in [0.15, 0.2) is 140 Å². The van der Waals surface area contributed by atoms with Crippen molar-refractivity contribution in [3.63, 3.8) is 0 Å². The van der Waals surface area contributed by atoms with Gasteiger partial charge in [-0.05, 0) is 97.1 Å². The molecule has 0 amide bonds. The molecule has 9 rings (SSSR count). The average Bonchev–Trinajstić information content (AvgIpc) is 3.62. The van der Waals surface area contributed by atoms with E-state index in [-0.39, 0.29) is 37.6 Å². The van der Waals surface area contributed by atoms with Gasteiger partial charge in [-0.25, -0.2) is 4.98 Å². The van der Waals surface area contributed by atoms with Crippen LogP contribution in [0.4, 0.5) is 17.2 Å². The summed E-state index contributed by atoms with van der Waals surface area (Å²) in [4.78, 5) is 12.5. The van der Waals surface area contributed by atoms with Crippen LogP contribution in [0.3, 0.4) is 0 Å². The van der Waals surface area contributed by atoms with Gasteiger partial charge in [0.2, 0.25) is 0 Å². The molecule has 0 saturated carbocycles. The SMILES string of the molecule is CC(C)(C)c1cc(N(c2[c-]c(-c3ccccn3)ccc2)c2ccc3c(n2)-c2c(O)cccc2C32c3ccccc3-c3ccccc32)cc(C(C)(C)C)c1.[Pt]. The van der Waals surface area contributed by atoms with Crippen molar-refractivity contribution in [1.82, 2.24) is 9.97 Å². The summed E-state index contributed by atoms with van der Waals surface area (Å²) in [7, 11) is 0. The summed E-state index contributed by atoms with van der Waals surface area (Å²) in [5.74, 6) is 0.974. The van der Waals surface area contributed by atoms with Crippen molar-refractivity contribution < 1.29 is 26.2 Å². The Kier molecular flexibility index (Phi) is 8.54. The fourth-order valence-corrected chi connectivity index (χ4v) is 8.39. The third kappa shape index (κ3) is 5.45. The largest absolute Gasteiger partial charge is 0.507 e. The van der Waals surface area contributed by atoms with Crippen molar-refractivity contribution in [1.29, 1.82) is 0 Å². The van der Waals surface area contributed by atoms with Gasteiger partial charge in [0.05, 0.1) is 11.1 Å². The minimum Gasteiger partial charge on any atom is -0.507 e. The van der Waals surface area contributed by atoms with Crippen LogP contribution in [-0.2, 0) is 37.3 Å². The van der Waals surface area contributed by atoms with Gasteiger partial charge < -0.3 is 15.0 Å². The van der Waals surface area contributed by atoms with Crippen LogP contribution in [0.5, 0.6) is 5.75 Å². The molecule has 1 spiro atoms. The van der Waals surface area contributed by atoms with E-state index < -0.39 is 5.41 Å². The smallest absolute Gasteiger partial charge is 0.136 e. The van der Waals surface area contributed by atoms with E-state index in [1.807, 2.05) is 30.5 Å². The summed E-state index contributed by atoms with van der Waals surface area (Å²) < 4.78 is 0. The maximum Gasteiger partial charge on any atom is 0.136 e. The fraction of sp³-hybridized carbons (Fsp3) is 0.184. The molecule has 0 saturated heterocycles. The number of benzene rings is 5. The molecular weight excluding hydrogens is 842 g/mol. The third-order valence-corrected chi connectivity index (χ3v) is 11.0. The van der Waals surface area contributed by atoms with Gasteiger partial charge >= 0.3 is 0 Å². The summed E-state index contributed by atoms with van der Waals surface area (Å²) in [6.45, 7) is 13.6. The number of anilines is 3. The summed E-state index contributed by atoms with van der Waals surface area (Å²) in [6.07, 6.45) is 1.82. The number of phenols is 1. The topological polar surface area (TPSA) is 49.2 Å². The molecule has 2 aliphatic rings. The molecule has 5 aromatic carbocycles. The summed E-state index contributed by atoms with van der Waals surface area (Å²) in [5, 5.41) is 11.7. The zero-order valence-electron chi connectivity index (χ0n) is 31.4. The van der Waals surface area contributed by atoms with Gasteiger partial charge in [0.1, 0.15) is 11.6 Å². The Morgan fingerprint density at radius 2 is 1.22 bits per heavy atom. The van der Waals surface area contributed by atoms with E-state index in [2.05, 4.69) is 161 Å². The van der Waals surface area contributed by atoms with E-state index >= 15 is 0 Å². The van der Waals surface area contributed by atoms with Gasteiger partial charge in [-0.2, -0.15) is 0 Å². The number of rotatable bonds is 4. The van der Waals surface area contributed by atoms with Gasteiger partial charge in [-0.1, -0.05) is 126 Å². The minimum atomic E-state index is -0.608. The van der Waals surface area contributed by atoms with Crippen LogP contribution in [-0.4, -0.2) is 15.1 Å². The molecule has 1 N–H and O–H groups in total. The molecule has 0 aliphatic heterocycles. The first kappa shape index (κ1) is 35.7. The summed E-state index contributed by atoms with van der Waals surface area (Å²) in [6, 6.07) is 50.5. The first-order valence-electron chi connectivity index (χ1n) is 18.4. The Morgan fingerprint density at radius 3 is 1.85 bits per heavy atom. The molecule has 2 aliphatic carbocycles. The maximum absolute atomic E-state index is 11.7. The van der Waals surface area contributed by atoms with E-state index in [0.717, 1.165) is 50.8 Å². The number of hydrogen-bond acceptors (Lipinski definition) is 4. The summed E-state index contributed by atoms with van der Waals surface area (Å²) in [5.41, 5.74) is 13.9. The first-order valence-corrected chi connectivity index (χ1v) is 18.4. The molecule has 270 valence electrons. The van der Waals surface area contributed by atoms with E-state index in [1.54, 1.807) is 6.07 Å². The number of nitrogens with zero attached hydrogens (tertiary/aromatic N) is 3.